The Morgan fingerprint density at radius 1 is 1.33 bits per heavy atom. The highest BCUT2D eigenvalue weighted by Crippen LogP contribution is 2.24. The van der Waals surface area contributed by atoms with Gasteiger partial charge < -0.3 is 14.7 Å². The van der Waals surface area contributed by atoms with Crippen LogP contribution in [0.25, 0.3) is 10.9 Å². The van der Waals surface area contributed by atoms with Crippen LogP contribution in [-0.4, -0.2) is 22.4 Å². The Hall–Kier alpha value is -1.66. The van der Waals surface area contributed by atoms with Crippen LogP contribution >= 0.6 is 0 Å². The molecule has 76 valence electrons. The van der Waals surface area contributed by atoms with Gasteiger partial charge in [-0.25, -0.2) is 4.39 Å². The van der Waals surface area contributed by atoms with Crippen LogP contribution in [0.15, 0.2) is 30.5 Å². The lowest BCUT2D eigenvalue weighted by molar-refractivity contribution is 0.289. The van der Waals surface area contributed by atoms with Gasteiger partial charge in [-0.3, -0.25) is 4.98 Å². The minimum absolute atomic E-state index is 0.000556. The average Bonchev–Trinajstić information content (AvgIpc) is 2.16. The summed E-state index contributed by atoms with van der Waals surface area (Å²) in [5, 5.41) is 17.8. The Labute approximate surface area is 85.1 Å². The smallest absolute Gasteiger partial charge is 0.510 e. The highest BCUT2D eigenvalue weighted by Gasteiger charge is 2.15. The molecule has 1 aromatic carbocycles. The fourth-order valence-corrected chi connectivity index (χ4v) is 1.33. The molecule has 1 aromatic heterocycles. The van der Waals surface area contributed by atoms with Crippen molar-refractivity contribution in [1.29, 1.82) is 0 Å². The number of rotatable bonds is 2. The fourth-order valence-electron chi connectivity index (χ4n) is 1.33. The van der Waals surface area contributed by atoms with Crippen LogP contribution in [0.2, 0.25) is 0 Å². The van der Waals surface area contributed by atoms with E-state index in [0.29, 0.717) is 10.9 Å². The second-order valence-corrected chi connectivity index (χ2v) is 2.92. The maximum atomic E-state index is 13.1. The van der Waals surface area contributed by atoms with Crippen molar-refractivity contribution in [2.24, 2.45) is 0 Å². The van der Waals surface area contributed by atoms with Crippen molar-refractivity contribution >= 4 is 18.2 Å². The molecule has 2 N–H and O–H groups in total. The number of fused-ring (bicyclic) bond motifs is 1. The van der Waals surface area contributed by atoms with E-state index >= 15 is 0 Å². The molecular weight excluding hydrogens is 200 g/mol. The summed E-state index contributed by atoms with van der Waals surface area (Å²) in [4.78, 5) is 3.96. The monoisotopic (exact) mass is 207 g/mol. The first-order chi connectivity index (χ1) is 7.16. The van der Waals surface area contributed by atoms with Crippen molar-refractivity contribution in [2.45, 2.75) is 0 Å². The molecule has 0 aliphatic carbocycles. The van der Waals surface area contributed by atoms with Crippen molar-refractivity contribution in [3.63, 3.8) is 0 Å². The van der Waals surface area contributed by atoms with E-state index < -0.39 is 13.1 Å². The van der Waals surface area contributed by atoms with Crippen LogP contribution in [0.3, 0.4) is 0 Å². The van der Waals surface area contributed by atoms with Crippen LogP contribution < -0.4 is 4.65 Å². The van der Waals surface area contributed by atoms with E-state index in [1.807, 2.05) is 0 Å². The van der Waals surface area contributed by atoms with Crippen molar-refractivity contribution in [3.8, 4) is 5.75 Å². The maximum absolute atomic E-state index is 13.1. The van der Waals surface area contributed by atoms with E-state index in [1.165, 1.54) is 12.3 Å². The highest BCUT2D eigenvalue weighted by molar-refractivity contribution is 6.34. The van der Waals surface area contributed by atoms with Gasteiger partial charge >= 0.3 is 7.32 Å². The summed E-state index contributed by atoms with van der Waals surface area (Å²) in [6, 6.07) is 5.65. The Morgan fingerprint density at radius 2 is 2.13 bits per heavy atom. The van der Waals surface area contributed by atoms with Crippen LogP contribution in [-0.2, 0) is 0 Å². The number of hydrogen-bond donors (Lipinski definition) is 2. The molecule has 1 heterocycles. The molecule has 4 nitrogen and oxygen atoms in total. The number of pyridine rings is 1. The maximum Gasteiger partial charge on any atom is 0.707 e. The van der Waals surface area contributed by atoms with E-state index in [4.69, 9.17) is 10.0 Å². The van der Waals surface area contributed by atoms with Gasteiger partial charge in [0.15, 0.2) is 0 Å². The van der Waals surface area contributed by atoms with Gasteiger partial charge in [-0.1, -0.05) is 6.07 Å². The molecule has 2 aromatic rings. The number of hydrogen-bond acceptors (Lipinski definition) is 4. The van der Waals surface area contributed by atoms with Crippen molar-refractivity contribution in [1.82, 2.24) is 4.98 Å². The van der Waals surface area contributed by atoms with Crippen LogP contribution in [0, 0.1) is 5.82 Å². The standard InChI is InChI=1S/C9H7BFNO3/c11-7-4-6-2-1-3-12-9(6)8(5-7)15-10(13)14/h1-5,13-14H. The number of nitrogens with zero attached hydrogens (tertiary/aromatic N) is 1. The predicted octanol–water partition coefficient (Wildman–Crippen LogP) is 0.722. The predicted molar refractivity (Wildman–Crippen MR) is 52.5 cm³/mol. The number of halogens is 1. The van der Waals surface area contributed by atoms with Gasteiger partial charge in [0.25, 0.3) is 0 Å². The summed E-state index contributed by atoms with van der Waals surface area (Å²) in [7, 11) is -1.99. The van der Waals surface area contributed by atoms with E-state index in [2.05, 4.69) is 9.64 Å². The SMILES string of the molecule is OB(O)Oc1cc(F)cc2cccnc12. The lowest BCUT2D eigenvalue weighted by Gasteiger charge is -2.07. The molecule has 0 radical (unpaired) electrons. The summed E-state index contributed by atoms with van der Waals surface area (Å²) >= 11 is 0. The highest BCUT2D eigenvalue weighted by atomic mass is 19.1. The first-order valence-corrected chi connectivity index (χ1v) is 4.24. The number of benzene rings is 1. The lowest BCUT2D eigenvalue weighted by atomic mass is 10.2. The first-order valence-electron chi connectivity index (χ1n) is 4.24. The van der Waals surface area contributed by atoms with Gasteiger partial charge in [0, 0.05) is 17.6 Å². The molecule has 0 spiro atoms. The third kappa shape index (κ3) is 2.06. The zero-order chi connectivity index (χ0) is 10.8. The van der Waals surface area contributed by atoms with E-state index in [1.54, 1.807) is 12.1 Å². The van der Waals surface area contributed by atoms with Gasteiger partial charge in [-0.05, 0) is 12.1 Å². The third-order valence-electron chi connectivity index (χ3n) is 1.87. The fraction of sp³-hybridized carbons (Fsp3) is 0. The molecule has 0 amide bonds. The normalized spacial score (nSPS) is 10.3. The van der Waals surface area contributed by atoms with E-state index in [9.17, 15) is 4.39 Å². The summed E-state index contributed by atoms with van der Waals surface area (Å²) in [5.41, 5.74) is 0.381. The molecule has 0 bridgehead atoms. The minimum atomic E-state index is -1.99. The Kier molecular flexibility index (Phi) is 2.53. The van der Waals surface area contributed by atoms with Crippen molar-refractivity contribution in [2.75, 3.05) is 0 Å². The molecule has 15 heavy (non-hydrogen) atoms. The Bertz CT molecular complexity index is 492. The van der Waals surface area contributed by atoms with Crippen LogP contribution in [0.5, 0.6) is 5.75 Å². The first kappa shape index (κ1) is 9.88. The Balaban J connectivity index is 2.60. The molecule has 6 heteroatoms. The van der Waals surface area contributed by atoms with Gasteiger partial charge in [0.1, 0.15) is 17.1 Å². The molecule has 0 atom stereocenters. The van der Waals surface area contributed by atoms with E-state index in [0.717, 1.165) is 6.07 Å². The molecular formula is C9H7BFNO3. The van der Waals surface area contributed by atoms with Crippen molar-refractivity contribution in [3.05, 3.63) is 36.3 Å². The van der Waals surface area contributed by atoms with Gasteiger partial charge in [0.2, 0.25) is 0 Å². The van der Waals surface area contributed by atoms with Gasteiger partial charge in [-0.2, -0.15) is 0 Å². The average molecular weight is 207 g/mol. The van der Waals surface area contributed by atoms with E-state index in [-0.39, 0.29) is 5.75 Å². The number of aromatic nitrogens is 1. The van der Waals surface area contributed by atoms with Crippen LogP contribution in [0.1, 0.15) is 0 Å². The molecule has 0 saturated carbocycles. The second-order valence-electron chi connectivity index (χ2n) is 2.92. The zero-order valence-corrected chi connectivity index (χ0v) is 7.59. The summed E-state index contributed by atoms with van der Waals surface area (Å²) < 4.78 is 17.7. The quantitative estimate of drug-likeness (QED) is 0.712. The topological polar surface area (TPSA) is 62.6 Å². The van der Waals surface area contributed by atoms with Crippen LogP contribution in [0.4, 0.5) is 4.39 Å². The molecule has 0 fully saturated rings. The summed E-state index contributed by atoms with van der Waals surface area (Å²) in [6.45, 7) is 0. The summed E-state index contributed by atoms with van der Waals surface area (Å²) in [5.74, 6) is -0.522. The molecule has 2 rings (SSSR count). The zero-order valence-electron chi connectivity index (χ0n) is 7.59. The lowest BCUT2D eigenvalue weighted by Crippen LogP contribution is -2.20. The van der Waals surface area contributed by atoms with Gasteiger partial charge in [-0.15, -0.1) is 0 Å². The molecule has 0 saturated heterocycles. The molecule has 0 aliphatic rings. The summed E-state index contributed by atoms with van der Waals surface area (Å²) in [6.07, 6.45) is 1.51. The minimum Gasteiger partial charge on any atom is -0.510 e. The second kappa shape index (κ2) is 3.84. The molecule has 0 aliphatic heterocycles. The van der Waals surface area contributed by atoms with Crippen molar-refractivity contribution < 1.29 is 19.1 Å². The Morgan fingerprint density at radius 3 is 2.87 bits per heavy atom. The van der Waals surface area contributed by atoms with Gasteiger partial charge in [0.05, 0.1) is 0 Å². The largest absolute Gasteiger partial charge is 0.707 e. The third-order valence-corrected chi connectivity index (χ3v) is 1.87. The molecule has 0 unspecified atom stereocenters.